The third-order valence-corrected chi connectivity index (χ3v) is 5.28. The smallest absolute Gasteiger partial charge is 0.251 e. The Balaban J connectivity index is 1.89. The molecule has 0 aliphatic heterocycles. The fraction of sp³-hybridized carbons (Fsp3) is 0.389. The van der Waals surface area contributed by atoms with E-state index in [4.69, 9.17) is 9.15 Å². The Kier molecular flexibility index (Phi) is 7.38. The lowest BCUT2D eigenvalue weighted by molar-refractivity contribution is 0.0938. The number of furan rings is 1. The summed E-state index contributed by atoms with van der Waals surface area (Å²) in [4.78, 5) is 12.4. The summed E-state index contributed by atoms with van der Waals surface area (Å²) in [5.74, 6) is 0.634. The Morgan fingerprint density at radius 1 is 1.23 bits per heavy atom. The molecule has 8 heteroatoms. The normalized spacial score (nSPS) is 12.7. The van der Waals surface area contributed by atoms with Crippen molar-refractivity contribution in [3.05, 3.63) is 54.0 Å². The highest BCUT2D eigenvalue weighted by molar-refractivity contribution is 7.89. The van der Waals surface area contributed by atoms with E-state index in [2.05, 4.69) is 10.0 Å². The van der Waals surface area contributed by atoms with Crippen molar-refractivity contribution in [2.45, 2.75) is 30.7 Å². The first kappa shape index (κ1) is 20.2. The molecule has 2 N–H and O–H groups in total. The van der Waals surface area contributed by atoms with E-state index in [1.54, 1.807) is 6.26 Å². The summed E-state index contributed by atoms with van der Waals surface area (Å²) in [6, 6.07) is 9.52. The van der Waals surface area contributed by atoms with Gasteiger partial charge in [-0.2, -0.15) is 0 Å². The molecule has 1 aromatic carbocycles. The first-order valence-corrected chi connectivity index (χ1v) is 9.82. The zero-order valence-electron chi connectivity index (χ0n) is 14.9. The van der Waals surface area contributed by atoms with Crippen LogP contribution in [0.1, 0.15) is 29.5 Å². The van der Waals surface area contributed by atoms with Gasteiger partial charge in [-0.25, -0.2) is 13.1 Å². The van der Waals surface area contributed by atoms with Gasteiger partial charge in [0.25, 0.3) is 5.91 Å². The summed E-state index contributed by atoms with van der Waals surface area (Å²) in [7, 11) is -2.11. The number of nitrogens with one attached hydrogen (secondary N) is 2. The zero-order valence-corrected chi connectivity index (χ0v) is 15.7. The topological polar surface area (TPSA) is 97.6 Å². The van der Waals surface area contributed by atoms with Gasteiger partial charge in [0.2, 0.25) is 10.0 Å². The number of carbonyl (C=O) groups is 1. The molecule has 142 valence electrons. The Labute approximate surface area is 153 Å². The molecular formula is C18H24N2O5S. The third kappa shape index (κ3) is 5.98. The van der Waals surface area contributed by atoms with Crippen molar-refractivity contribution in [2.24, 2.45) is 0 Å². The van der Waals surface area contributed by atoms with Gasteiger partial charge in [0.05, 0.1) is 17.8 Å². The summed E-state index contributed by atoms with van der Waals surface area (Å²) in [5, 5.41) is 2.90. The fourth-order valence-electron chi connectivity index (χ4n) is 2.34. The molecule has 0 saturated heterocycles. The quantitative estimate of drug-likeness (QED) is 0.614. The maximum atomic E-state index is 12.3. The van der Waals surface area contributed by atoms with E-state index in [1.807, 2.05) is 19.1 Å². The van der Waals surface area contributed by atoms with Crippen molar-refractivity contribution >= 4 is 15.9 Å². The average molecular weight is 380 g/mol. The van der Waals surface area contributed by atoms with E-state index in [0.717, 1.165) is 18.6 Å². The number of rotatable bonds is 10. The van der Waals surface area contributed by atoms with Gasteiger partial charge >= 0.3 is 0 Å². The zero-order chi connectivity index (χ0) is 19.0. The van der Waals surface area contributed by atoms with Gasteiger partial charge in [0, 0.05) is 31.7 Å². The molecule has 1 aromatic heterocycles. The molecule has 1 heterocycles. The summed E-state index contributed by atoms with van der Waals surface area (Å²) in [6.07, 6.45) is 3.10. The first-order valence-electron chi connectivity index (χ1n) is 8.34. The van der Waals surface area contributed by atoms with Crippen LogP contribution < -0.4 is 10.0 Å². The molecule has 1 atom stereocenters. The number of hydrogen-bond donors (Lipinski definition) is 2. The predicted molar refractivity (Wildman–Crippen MR) is 97.5 cm³/mol. The number of amides is 1. The minimum atomic E-state index is -3.60. The van der Waals surface area contributed by atoms with Gasteiger partial charge in [0.15, 0.2) is 0 Å². The number of sulfonamides is 1. The van der Waals surface area contributed by atoms with Crippen molar-refractivity contribution < 1.29 is 22.4 Å². The summed E-state index contributed by atoms with van der Waals surface area (Å²) in [6.45, 7) is 2.39. The molecule has 26 heavy (non-hydrogen) atoms. The average Bonchev–Trinajstić information content (AvgIpc) is 3.14. The third-order valence-electron chi connectivity index (χ3n) is 3.81. The summed E-state index contributed by atoms with van der Waals surface area (Å²) < 4.78 is 36.7. The van der Waals surface area contributed by atoms with Gasteiger partial charge in [-0.05, 0) is 49.7 Å². The molecule has 1 unspecified atom stereocenters. The highest BCUT2D eigenvalue weighted by Crippen LogP contribution is 2.11. The minimum Gasteiger partial charge on any atom is -0.469 e. The van der Waals surface area contributed by atoms with E-state index >= 15 is 0 Å². The monoisotopic (exact) mass is 380 g/mol. The minimum absolute atomic E-state index is 0.0354. The molecule has 2 aromatic rings. The van der Waals surface area contributed by atoms with Crippen LogP contribution in [-0.4, -0.2) is 40.6 Å². The molecule has 1 amide bonds. The van der Waals surface area contributed by atoms with Crippen molar-refractivity contribution in [2.75, 3.05) is 20.3 Å². The van der Waals surface area contributed by atoms with Crippen LogP contribution in [0.4, 0.5) is 0 Å². The lowest BCUT2D eigenvalue weighted by atomic mass is 10.1. The second kappa shape index (κ2) is 9.51. The van der Waals surface area contributed by atoms with Crippen molar-refractivity contribution in [3.63, 3.8) is 0 Å². The van der Waals surface area contributed by atoms with Crippen LogP contribution in [-0.2, 0) is 21.2 Å². The summed E-state index contributed by atoms with van der Waals surface area (Å²) in [5.41, 5.74) is 0.408. The SMILES string of the molecule is COCCNS(=O)(=O)c1ccc(C(=O)NC(C)CCc2ccco2)cc1. The second-order valence-corrected chi connectivity index (χ2v) is 7.67. The van der Waals surface area contributed by atoms with E-state index in [0.29, 0.717) is 5.56 Å². The van der Waals surface area contributed by atoms with E-state index < -0.39 is 10.0 Å². The van der Waals surface area contributed by atoms with Gasteiger partial charge in [-0.15, -0.1) is 0 Å². The number of hydrogen-bond acceptors (Lipinski definition) is 5. The molecule has 0 saturated carbocycles. The van der Waals surface area contributed by atoms with E-state index in [1.165, 1.54) is 31.4 Å². The molecule has 0 radical (unpaired) electrons. The fourth-order valence-corrected chi connectivity index (χ4v) is 3.35. The van der Waals surface area contributed by atoms with Crippen LogP contribution in [0.5, 0.6) is 0 Å². The molecule has 7 nitrogen and oxygen atoms in total. The van der Waals surface area contributed by atoms with Crippen molar-refractivity contribution in [3.8, 4) is 0 Å². The lowest BCUT2D eigenvalue weighted by Crippen LogP contribution is -2.33. The second-order valence-electron chi connectivity index (χ2n) is 5.91. The number of carbonyl (C=O) groups excluding carboxylic acids is 1. The molecular weight excluding hydrogens is 356 g/mol. The number of benzene rings is 1. The molecule has 0 spiro atoms. The Bertz CT molecular complexity index is 785. The van der Waals surface area contributed by atoms with Crippen LogP contribution in [0, 0.1) is 0 Å². The lowest BCUT2D eigenvalue weighted by Gasteiger charge is -2.13. The van der Waals surface area contributed by atoms with Crippen LogP contribution in [0.25, 0.3) is 0 Å². The number of ether oxygens (including phenoxy) is 1. The number of methoxy groups -OCH3 is 1. The van der Waals surface area contributed by atoms with Crippen LogP contribution in [0.15, 0.2) is 52.0 Å². The maximum absolute atomic E-state index is 12.3. The Hall–Kier alpha value is -2.16. The molecule has 0 aliphatic carbocycles. The van der Waals surface area contributed by atoms with Crippen molar-refractivity contribution in [1.82, 2.24) is 10.0 Å². The van der Waals surface area contributed by atoms with Crippen LogP contribution in [0.2, 0.25) is 0 Å². The van der Waals surface area contributed by atoms with Crippen LogP contribution >= 0.6 is 0 Å². The van der Waals surface area contributed by atoms with Gasteiger partial charge in [-0.1, -0.05) is 0 Å². The van der Waals surface area contributed by atoms with Gasteiger partial charge in [-0.3, -0.25) is 4.79 Å². The van der Waals surface area contributed by atoms with Gasteiger partial charge in [0.1, 0.15) is 5.76 Å². The molecule has 0 fully saturated rings. The highest BCUT2D eigenvalue weighted by Gasteiger charge is 2.15. The Morgan fingerprint density at radius 2 is 1.96 bits per heavy atom. The van der Waals surface area contributed by atoms with Crippen LogP contribution in [0.3, 0.4) is 0 Å². The van der Waals surface area contributed by atoms with E-state index in [-0.39, 0.29) is 30.0 Å². The molecule has 0 bridgehead atoms. The predicted octanol–water partition coefficient (Wildman–Crippen LogP) is 1.96. The largest absolute Gasteiger partial charge is 0.469 e. The maximum Gasteiger partial charge on any atom is 0.251 e. The number of aryl methyl sites for hydroxylation is 1. The summed E-state index contributed by atoms with van der Waals surface area (Å²) >= 11 is 0. The molecule has 2 rings (SSSR count). The van der Waals surface area contributed by atoms with Gasteiger partial charge < -0.3 is 14.5 Å². The highest BCUT2D eigenvalue weighted by atomic mass is 32.2. The van der Waals surface area contributed by atoms with Crippen molar-refractivity contribution in [1.29, 1.82) is 0 Å². The van der Waals surface area contributed by atoms with E-state index in [9.17, 15) is 13.2 Å². The standard InChI is InChI=1S/C18H24N2O5S/c1-14(5-8-16-4-3-12-25-16)20-18(21)15-6-9-17(10-7-15)26(22,23)19-11-13-24-2/h3-4,6-7,9-10,12,14,19H,5,8,11,13H2,1-2H3,(H,20,21). The Morgan fingerprint density at radius 3 is 2.58 bits per heavy atom. The first-order chi connectivity index (χ1) is 12.4. The molecule has 0 aliphatic rings.